The van der Waals surface area contributed by atoms with E-state index in [0.717, 1.165) is 108 Å². The second kappa shape index (κ2) is 70.4. The Morgan fingerprint density at radius 3 is 0.687 bits per heavy atom. The molecule has 0 aromatic rings. The zero-order chi connectivity index (χ0) is 73.0. The summed E-state index contributed by atoms with van der Waals surface area (Å²) in [5.74, 6) is 0.184. The molecule has 588 valence electrons. The number of rotatable bonds is 78. The van der Waals surface area contributed by atoms with E-state index in [2.05, 4.69) is 48.5 Å². The molecule has 0 fully saturated rings. The lowest BCUT2D eigenvalue weighted by Crippen LogP contribution is -2.30. The van der Waals surface area contributed by atoms with Crippen molar-refractivity contribution < 1.29 is 80.2 Å². The quantitative estimate of drug-likeness (QED) is 0.0222. The lowest BCUT2D eigenvalue weighted by molar-refractivity contribution is -0.161. The Morgan fingerprint density at radius 2 is 0.465 bits per heavy atom. The molecular formula is C80H156O17P2. The average molecular weight is 1450 g/mol. The van der Waals surface area contributed by atoms with Crippen molar-refractivity contribution in [2.24, 2.45) is 17.8 Å². The summed E-state index contributed by atoms with van der Waals surface area (Å²) >= 11 is 0. The molecule has 0 aliphatic heterocycles. The Labute approximate surface area is 607 Å². The molecule has 0 aromatic heterocycles. The van der Waals surface area contributed by atoms with Crippen LogP contribution in [0.5, 0.6) is 0 Å². The van der Waals surface area contributed by atoms with Gasteiger partial charge in [-0.3, -0.25) is 37.3 Å². The fourth-order valence-electron chi connectivity index (χ4n) is 12.3. The van der Waals surface area contributed by atoms with E-state index < -0.39 is 97.5 Å². The number of carbonyl (C=O) groups is 4. The van der Waals surface area contributed by atoms with Crippen LogP contribution in [0, 0.1) is 17.8 Å². The molecule has 0 aliphatic carbocycles. The maximum absolute atomic E-state index is 13.1. The summed E-state index contributed by atoms with van der Waals surface area (Å²) in [7, 11) is -9.92. The van der Waals surface area contributed by atoms with E-state index in [4.69, 9.17) is 37.0 Å². The number of aliphatic hydroxyl groups excluding tert-OH is 1. The summed E-state index contributed by atoms with van der Waals surface area (Å²) in [4.78, 5) is 72.9. The van der Waals surface area contributed by atoms with Gasteiger partial charge in [-0.2, -0.15) is 0 Å². The smallest absolute Gasteiger partial charge is 0.462 e. The Bertz CT molecular complexity index is 1920. The van der Waals surface area contributed by atoms with Crippen molar-refractivity contribution in [3.8, 4) is 0 Å². The SMILES string of the molecule is CCCCCCCCCCCCCCCCC(=O)O[C@H](COC(=O)CCCCCCCCCC(C)C)COP(=O)(O)OC[C@H](O)COP(=O)(O)OC[C@@H](COC(=O)CCCCCCCCCCCCCC(C)C)OC(=O)CCCCCCCCCCCCCCCCCCCCC(C)C. The van der Waals surface area contributed by atoms with Crippen molar-refractivity contribution >= 4 is 39.5 Å². The number of esters is 4. The molecule has 19 heteroatoms. The topological polar surface area (TPSA) is 237 Å². The average Bonchev–Trinajstić information content (AvgIpc) is 0.989. The molecule has 0 bridgehead atoms. The lowest BCUT2D eigenvalue weighted by atomic mass is 10.0. The van der Waals surface area contributed by atoms with E-state index in [1.54, 1.807) is 0 Å². The van der Waals surface area contributed by atoms with Gasteiger partial charge in [-0.1, -0.05) is 363 Å². The van der Waals surface area contributed by atoms with Crippen LogP contribution in [0.3, 0.4) is 0 Å². The lowest BCUT2D eigenvalue weighted by Gasteiger charge is -2.21. The monoisotopic (exact) mass is 1450 g/mol. The van der Waals surface area contributed by atoms with Gasteiger partial charge in [0.05, 0.1) is 26.4 Å². The fourth-order valence-corrected chi connectivity index (χ4v) is 13.9. The van der Waals surface area contributed by atoms with Crippen LogP contribution in [-0.4, -0.2) is 96.7 Å². The normalized spacial score (nSPS) is 14.0. The van der Waals surface area contributed by atoms with Crippen molar-refractivity contribution in [1.29, 1.82) is 0 Å². The van der Waals surface area contributed by atoms with Gasteiger partial charge in [0, 0.05) is 25.7 Å². The van der Waals surface area contributed by atoms with Gasteiger partial charge in [-0.05, 0) is 43.4 Å². The zero-order valence-electron chi connectivity index (χ0n) is 65.0. The third-order valence-electron chi connectivity index (χ3n) is 18.6. The van der Waals surface area contributed by atoms with Crippen molar-refractivity contribution in [2.75, 3.05) is 39.6 Å². The number of aliphatic hydroxyl groups is 1. The Balaban J connectivity index is 5.22. The van der Waals surface area contributed by atoms with Gasteiger partial charge in [0.15, 0.2) is 12.2 Å². The number of hydrogen-bond donors (Lipinski definition) is 3. The molecule has 0 spiro atoms. The van der Waals surface area contributed by atoms with Crippen LogP contribution in [0.2, 0.25) is 0 Å². The van der Waals surface area contributed by atoms with E-state index in [-0.39, 0.29) is 25.7 Å². The number of phosphoric acid groups is 2. The number of phosphoric ester groups is 2. The molecule has 0 rings (SSSR count). The van der Waals surface area contributed by atoms with Crippen molar-refractivity contribution in [2.45, 2.75) is 433 Å². The molecule has 0 radical (unpaired) electrons. The highest BCUT2D eigenvalue weighted by Gasteiger charge is 2.30. The minimum absolute atomic E-state index is 0.107. The van der Waals surface area contributed by atoms with Gasteiger partial charge < -0.3 is 33.8 Å². The molecule has 0 saturated heterocycles. The maximum Gasteiger partial charge on any atom is 0.472 e. The van der Waals surface area contributed by atoms with Crippen LogP contribution in [0.4, 0.5) is 0 Å². The van der Waals surface area contributed by atoms with E-state index >= 15 is 0 Å². The van der Waals surface area contributed by atoms with Gasteiger partial charge in [0.1, 0.15) is 19.3 Å². The minimum Gasteiger partial charge on any atom is -0.462 e. The largest absolute Gasteiger partial charge is 0.472 e. The van der Waals surface area contributed by atoms with Crippen LogP contribution in [0.1, 0.15) is 414 Å². The molecular weight excluding hydrogens is 1290 g/mol. The van der Waals surface area contributed by atoms with Crippen LogP contribution in [0.25, 0.3) is 0 Å². The third-order valence-corrected chi connectivity index (χ3v) is 20.5. The first kappa shape index (κ1) is 97.1. The van der Waals surface area contributed by atoms with E-state index in [1.165, 1.54) is 218 Å². The number of unbranched alkanes of at least 4 members (excludes halogenated alkanes) is 46. The summed E-state index contributed by atoms with van der Waals surface area (Å²) in [5, 5.41) is 10.6. The second-order valence-corrected chi connectivity index (χ2v) is 33.1. The highest BCUT2D eigenvalue weighted by Crippen LogP contribution is 2.45. The first-order valence-corrected chi connectivity index (χ1v) is 44.3. The van der Waals surface area contributed by atoms with Crippen molar-refractivity contribution in [3.63, 3.8) is 0 Å². The summed E-state index contributed by atoms with van der Waals surface area (Å²) in [6, 6.07) is 0. The van der Waals surface area contributed by atoms with Crippen molar-refractivity contribution in [1.82, 2.24) is 0 Å². The van der Waals surface area contributed by atoms with Gasteiger partial charge in [-0.25, -0.2) is 9.13 Å². The number of ether oxygens (including phenoxy) is 4. The first-order valence-electron chi connectivity index (χ1n) is 41.3. The van der Waals surface area contributed by atoms with Crippen LogP contribution >= 0.6 is 15.6 Å². The number of hydrogen-bond acceptors (Lipinski definition) is 15. The summed E-state index contributed by atoms with van der Waals surface area (Å²) in [6.45, 7) is 11.9. The molecule has 2 unspecified atom stereocenters. The minimum atomic E-state index is -4.96. The summed E-state index contributed by atoms with van der Waals surface area (Å²) in [6.07, 6.45) is 58.4. The molecule has 0 heterocycles. The highest BCUT2D eigenvalue weighted by molar-refractivity contribution is 7.47. The molecule has 3 N–H and O–H groups in total. The standard InChI is InChI=1S/C80H156O17P2/c1-8-9-10-11-12-13-14-15-23-28-34-41-49-56-63-80(85)97-76(68-91-78(83)62-55-48-43-36-39-46-53-60-73(6)7)70-95-99(88,89)93-66-74(81)65-92-98(86,87)94-69-75(67-90-77(82)61-54-47-40-33-30-25-27-32-38-45-52-59-72(4)5)96-79(84)64-57-50-42-35-29-24-21-19-17-16-18-20-22-26-31-37-44-51-58-71(2)3/h71-76,81H,8-70H2,1-7H3,(H,86,87)(H,88,89)/t74-,75-,76-/m1/s1. The molecule has 0 aromatic carbocycles. The molecule has 5 atom stereocenters. The van der Waals surface area contributed by atoms with Gasteiger partial charge in [0.2, 0.25) is 0 Å². The Kier molecular flexibility index (Phi) is 69.0. The second-order valence-electron chi connectivity index (χ2n) is 30.2. The van der Waals surface area contributed by atoms with Gasteiger partial charge >= 0.3 is 39.5 Å². The Morgan fingerprint density at radius 1 is 0.273 bits per heavy atom. The van der Waals surface area contributed by atoms with Crippen LogP contribution in [-0.2, 0) is 65.4 Å². The molecule has 0 amide bonds. The third kappa shape index (κ3) is 74.1. The van der Waals surface area contributed by atoms with Crippen LogP contribution in [0.15, 0.2) is 0 Å². The molecule has 17 nitrogen and oxygen atoms in total. The Hall–Kier alpha value is -1.94. The van der Waals surface area contributed by atoms with Gasteiger partial charge in [-0.15, -0.1) is 0 Å². The summed E-state index contributed by atoms with van der Waals surface area (Å²) in [5.41, 5.74) is 0. The van der Waals surface area contributed by atoms with E-state index in [0.29, 0.717) is 31.6 Å². The predicted octanol–water partition coefficient (Wildman–Crippen LogP) is 23.7. The highest BCUT2D eigenvalue weighted by atomic mass is 31.2. The molecule has 0 saturated carbocycles. The van der Waals surface area contributed by atoms with E-state index in [1.807, 2.05) is 0 Å². The maximum atomic E-state index is 13.1. The van der Waals surface area contributed by atoms with Crippen molar-refractivity contribution in [3.05, 3.63) is 0 Å². The predicted molar refractivity (Wildman–Crippen MR) is 405 cm³/mol. The molecule has 0 aliphatic rings. The van der Waals surface area contributed by atoms with E-state index in [9.17, 15) is 43.2 Å². The number of carbonyl (C=O) groups excluding carboxylic acids is 4. The zero-order valence-corrected chi connectivity index (χ0v) is 66.8. The van der Waals surface area contributed by atoms with Gasteiger partial charge in [0.25, 0.3) is 0 Å². The first-order chi connectivity index (χ1) is 47.7. The summed E-state index contributed by atoms with van der Waals surface area (Å²) < 4.78 is 68.7. The van der Waals surface area contributed by atoms with Crippen LogP contribution < -0.4 is 0 Å². The fraction of sp³-hybridized carbons (Fsp3) is 0.950. The molecule has 99 heavy (non-hydrogen) atoms.